The smallest absolute Gasteiger partial charge is 0.315 e. The van der Waals surface area contributed by atoms with Crippen LogP contribution >= 0.6 is 0 Å². The molecule has 0 bridgehead atoms. The second-order valence-electron chi connectivity index (χ2n) is 13.7. The van der Waals surface area contributed by atoms with Crippen molar-refractivity contribution in [1.29, 1.82) is 0 Å². The standard InChI is InChI=1S/C35H38N8O8S2/c1-52(45,46)50-29(27-21-40-19-25(23-3-4-23)7-11-33(40)38-27)9-13-31-36-15-17-42(31)35(44)49-43-18-16-37-32(43)14-10-30(51-53(2,47)48)28-22-41-20-26(24-5-6-24)8-12-34(41)39-28/h7-8,11-12,15-24,29-30H,3-6,9-10,13-14H2,1-2H3. The number of pyridine rings is 2. The first-order valence-corrected chi connectivity index (χ1v) is 21.0. The van der Waals surface area contributed by atoms with Gasteiger partial charge in [0.25, 0.3) is 20.2 Å². The van der Waals surface area contributed by atoms with Crippen LogP contribution in [0.15, 0.2) is 73.8 Å². The number of hydrogen-bond donors (Lipinski definition) is 0. The van der Waals surface area contributed by atoms with Crippen LogP contribution in [0, 0.1) is 0 Å². The summed E-state index contributed by atoms with van der Waals surface area (Å²) in [6.07, 6.45) is 18.0. The Hall–Kier alpha value is -4.91. The van der Waals surface area contributed by atoms with E-state index in [4.69, 9.17) is 13.2 Å². The molecular formula is C35H38N8O8S2. The monoisotopic (exact) mass is 762 g/mol. The van der Waals surface area contributed by atoms with E-state index < -0.39 is 38.5 Å². The van der Waals surface area contributed by atoms with Gasteiger partial charge in [-0.25, -0.2) is 29.3 Å². The normalized spacial score (nSPS) is 16.3. The fourth-order valence-electron chi connectivity index (χ4n) is 6.51. The van der Waals surface area contributed by atoms with Crippen molar-refractivity contribution in [2.75, 3.05) is 12.5 Å². The molecule has 16 nitrogen and oxygen atoms in total. The molecule has 8 rings (SSSR count). The minimum Gasteiger partial charge on any atom is -0.315 e. The molecule has 2 aliphatic rings. The van der Waals surface area contributed by atoms with Gasteiger partial charge in [0.15, 0.2) is 0 Å². The molecular weight excluding hydrogens is 725 g/mol. The minimum absolute atomic E-state index is 0.153. The Kier molecular flexibility index (Phi) is 9.16. The highest BCUT2D eigenvalue weighted by Crippen LogP contribution is 2.41. The Morgan fingerprint density at radius 2 is 1.21 bits per heavy atom. The number of hydrogen-bond acceptors (Lipinski definition) is 12. The fraction of sp³-hybridized carbons (Fsp3) is 0.400. The van der Waals surface area contributed by atoms with Gasteiger partial charge in [-0.15, -0.1) is 0 Å². The van der Waals surface area contributed by atoms with E-state index in [-0.39, 0.29) is 25.7 Å². The summed E-state index contributed by atoms with van der Waals surface area (Å²) in [7, 11) is -7.70. The molecule has 6 aromatic rings. The van der Waals surface area contributed by atoms with E-state index in [9.17, 15) is 21.6 Å². The minimum atomic E-state index is -3.85. The molecule has 0 radical (unpaired) electrons. The fourth-order valence-corrected chi connectivity index (χ4v) is 7.74. The van der Waals surface area contributed by atoms with Crippen LogP contribution in [0.4, 0.5) is 4.79 Å². The highest BCUT2D eigenvalue weighted by Gasteiger charge is 2.28. The SMILES string of the molecule is CS(=O)(=O)OC(CCc1nccn1OC(=O)n1ccnc1CCC(OS(C)(=O)=O)c1cn2cc(C3CC3)ccc2n1)c1cn2cc(C3CC3)ccc2n1. The van der Waals surface area contributed by atoms with Gasteiger partial charge >= 0.3 is 6.09 Å². The number of imidazole rings is 4. The van der Waals surface area contributed by atoms with Gasteiger partial charge in [-0.05, 0) is 73.6 Å². The summed E-state index contributed by atoms with van der Waals surface area (Å²) in [6.45, 7) is 0. The number of aryl methyl sites for hydroxylation is 2. The first-order valence-electron chi connectivity index (χ1n) is 17.4. The largest absolute Gasteiger partial charge is 0.444 e. The van der Waals surface area contributed by atoms with Gasteiger partial charge in [0.05, 0.1) is 30.1 Å². The van der Waals surface area contributed by atoms with Gasteiger partial charge in [0.1, 0.15) is 35.2 Å². The van der Waals surface area contributed by atoms with E-state index in [0.717, 1.165) is 38.2 Å². The highest BCUT2D eigenvalue weighted by atomic mass is 32.2. The molecule has 0 aliphatic heterocycles. The predicted molar refractivity (Wildman–Crippen MR) is 190 cm³/mol. The Bertz CT molecular complexity index is 2530. The van der Waals surface area contributed by atoms with E-state index in [1.807, 2.05) is 45.5 Å². The lowest BCUT2D eigenvalue weighted by molar-refractivity contribution is 0.127. The molecule has 2 saturated carbocycles. The van der Waals surface area contributed by atoms with E-state index in [0.29, 0.717) is 46.2 Å². The Balaban J connectivity index is 0.948. The Morgan fingerprint density at radius 1 is 0.717 bits per heavy atom. The number of nitrogens with zero attached hydrogens (tertiary/aromatic N) is 8. The molecule has 53 heavy (non-hydrogen) atoms. The second-order valence-corrected chi connectivity index (χ2v) is 16.9. The number of fused-ring (bicyclic) bond motifs is 2. The Morgan fingerprint density at radius 3 is 1.72 bits per heavy atom. The summed E-state index contributed by atoms with van der Waals surface area (Å²) in [6, 6.07) is 7.90. The Labute approximate surface area is 305 Å². The van der Waals surface area contributed by atoms with Crippen LogP contribution < -0.4 is 4.84 Å². The van der Waals surface area contributed by atoms with Crippen molar-refractivity contribution in [3.05, 3.63) is 108 Å². The zero-order chi connectivity index (χ0) is 36.9. The lowest BCUT2D eigenvalue weighted by Gasteiger charge is -2.15. The first-order chi connectivity index (χ1) is 25.3. The molecule has 0 N–H and O–H groups in total. The molecule has 6 heterocycles. The average Bonchev–Trinajstić information content (AvgIpc) is 3.93. The van der Waals surface area contributed by atoms with Crippen molar-refractivity contribution in [2.24, 2.45) is 0 Å². The maximum absolute atomic E-state index is 13.4. The van der Waals surface area contributed by atoms with Crippen molar-refractivity contribution < 1.29 is 34.8 Å². The topological polar surface area (TPSA) is 183 Å². The lowest BCUT2D eigenvalue weighted by atomic mass is 10.1. The van der Waals surface area contributed by atoms with Gasteiger partial charge in [-0.1, -0.05) is 12.1 Å². The van der Waals surface area contributed by atoms with Crippen LogP contribution in [-0.2, 0) is 41.4 Å². The predicted octanol–water partition coefficient (Wildman–Crippen LogP) is 4.53. The number of aromatic nitrogens is 8. The van der Waals surface area contributed by atoms with E-state index in [1.165, 1.54) is 45.2 Å². The number of carbonyl (C=O) groups excluding carboxylic acids is 1. The summed E-state index contributed by atoms with van der Waals surface area (Å²) in [5.74, 6) is 1.75. The lowest BCUT2D eigenvalue weighted by Crippen LogP contribution is -2.27. The van der Waals surface area contributed by atoms with Crippen molar-refractivity contribution in [2.45, 2.75) is 75.4 Å². The van der Waals surface area contributed by atoms with E-state index in [2.05, 4.69) is 19.9 Å². The second kappa shape index (κ2) is 13.8. The van der Waals surface area contributed by atoms with Crippen LogP contribution in [0.25, 0.3) is 11.3 Å². The van der Waals surface area contributed by atoms with Crippen molar-refractivity contribution >= 4 is 37.6 Å². The molecule has 2 fully saturated rings. The van der Waals surface area contributed by atoms with E-state index in [1.54, 1.807) is 12.4 Å². The molecule has 0 spiro atoms. The van der Waals surface area contributed by atoms with Gasteiger partial charge in [-0.2, -0.15) is 21.6 Å². The quantitative estimate of drug-likeness (QED) is 0.134. The van der Waals surface area contributed by atoms with Crippen LogP contribution in [0.5, 0.6) is 0 Å². The van der Waals surface area contributed by atoms with Crippen molar-refractivity contribution in [3.63, 3.8) is 0 Å². The summed E-state index contributed by atoms with van der Waals surface area (Å²) in [4.78, 5) is 37.0. The summed E-state index contributed by atoms with van der Waals surface area (Å²) in [5.41, 5.74) is 4.65. The van der Waals surface area contributed by atoms with Crippen molar-refractivity contribution in [3.8, 4) is 0 Å². The van der Waals surface area contributed by atoms with Crippen LogP contribution in [0.3, 0.4) is 0 Å². The van der Waals surface area contributed by atoms with Crippen molar-refractivity contribution in [1.82, 2.24) is 38.0 Å². The molecule has 6 aromatic heterocycles. The molecule has 2 unspecified atom stereocenters. The molecule has 2 aliphatic carbocycles. The first kappa shape index (κ1) is 35.1. The molecule has 2 atom stereocenters. The third-order valence-corrected chi connectivity index (χ3v) is 10.5. The molecule has 18 heteroatoms. The molecule has 0 aromatic carbocycles. The van der Waals surface area contributed by atoms with Crippen LogP contribution in [0.1, 0.15) is 96.7 Å². The average molecular weight is 763 g/mol. The van der Waals surface area contributed by atoms with Gasteiger partial charge in [0.2, 0.25) is 0 Å². The van der Waals surface area contributed by atoms with Gasteiger partial charge in [-0.3, -0.25) is 8.37 Å². The molecule has 0 saturated heterocycles. The van der Waals surface area contributed by atoms with Gasteiger partial charge < -0.3 is 13.6 Å². The van der Waals surface area contributed by atoms with Crippen LogP contribution in [0.2, 0.25) is 0 Å². The maximum atomic E-state index is 13.4. The zero-order valence-electron chi connectivity index (χ0n) is 29.1. The molecule has 0 amide bonds. The zero-order valence-corrected chi connectivity index (χ0v) is 30.7. The summed E-state index contributed by atoms with van der Waals surface area (Å²) < 4.78 is 66.1. The van der Waals surface area contributed by atoms with Crippen LogP contribution in [-0.4, -0.2) is 73.5 Å². The highest BCUT2D eigenvalue weighted by molar-refractivity contribution is 7.86. The molecule has 278 valence electrons. The third-order valence-electron chi connectivity index (χ3n) is 9.36. The maximum Gasteiger partial charge on any atom is 0.444 e. The summed E-state index contributed by atoms with van der Waals surface area (Å²) in [5, 5.41) is 0. The number of rotatable bonds is 15. The third kappa shape index (κ3) is 8.35. The van der Waals surface area contributed by atoms with E-state index >= 15 is 0 Å². The summed E-state index contributed by atoms with van der Waals surface area (Å²) >= 11 is 0. The van der Waals surface area contributed by atoms with Gasteiger partial charge in [0, 0.05) is 56.2 Å². The number of carbonyl (C=O) groups is 1.